The first-order valence-electron chi connectivity index (χ1n) is 11.9. The number of fused-ring (bicyclic) bond motifs is 2. The summed E-state index contributed by atoms with van der Waals surface area (Å²) in [6.45, 7) is 0.592. The molecule has 0 bridgehead atoms. The first-order valence-corrected chi connectivity index (χ1v) is 11.9. The van der Waals surface area contributed by atoms with E-state index < -0.39 is 0 Å². The summed E-state index contributed by atoms with van der Waals surface area (Å²) in [5.41, 5.74) is 6.81. The number of aliphatic hydroxyl groups excluding tert-OH is 1. The Balaban J connectivity index is 1.23. The number of hydrogen-bond donors (Lipinski definition) is 1. The van der Waals surface area contributed by atoms with Crippen molar-refractivity contribution in [1.29, 1.82) is 0 Å². The van der Waals surface area contributed by atoms with Gasteiger partial charge >= 0.3 is 0 Å². The first kappa shape index (κ1) is 20.9. The van der Waals surface area contributed by atoms with Gasteiger partial charge in [0, 0.05) is 35.6 Å². The van der Waals surface area contributed by atoms with Gasteiger partial charge in [0.1, 0.15) is 5.52 Å². The Bertz CT molecular complexity index is 1460. The zero-order chi connectivity index (χ0) is 22.9. The summed E-state index contributed by atoms with van der Waals surface area (Å²) in [5, 5.41) is 19.9. The van der Waals surface area contributed by atoms with Crippen molar-refractivity contribution < 1.29 is 5.11 Å². The minimum Gasteiger partial charge on any atom is -0.393 e. The zero-order valence-electron chi connectivity index (χ0n) is 18.9. The molecule has 4 heterocycles. The van der Waals surface area contributed by atoms with Crippen LogP contribution in [-0.2, 0) is 19.4 Å². The third-order valence-electron chi connectivity index (χ3n) is 6.78. The molecule has 0 amide bonds. The van der Waals surface area contributed by atoms with E-state index in [1.165, 1.54) is 5.56 Å². The smallest absolute Gasteiger partial charge is 0.179 e. The third kappa shape index (κ3) is 4.26. The van der Waals surface area contributed by atoms with Crippen molar-refractivity contribution in [2.75, 3.05) is 0 Å². The molecule has 0 spiro atoms. The van der Waals surface area contributed by atoms with Crippen LogP contribution in [0, 0.1) is 5.92 Å². The average molecular weight is 451 g/mol. The van der Waals surface area contributed by atoms with E-state index in [1.54, 1.807) is 6.20 Å². The lowest BCUT2D eigenvalue weighted by Crippen LogP contribution is -2.15. The Morgan fingerprint density at radius 1 is 0.882 bits per heavy atom. The lowest BCUT2D eigenvalue weighted by Gasteiger charge is -2.14. The number of aliphatic hydroxyl groups is 1. The predicted molar refractivity (Wildman–Crippen MR) is 130 cm³/mol. The molecule has 1 fully saturated rings. The summed E-state index contributed by atoms with van der Waals surface area (Å²) in [5.74, 6) is 0.357. The highest BCUT2D eigenvalue weighted by Gasteiger charge is 2.25. The van der Waals surface area contributed by atoms with Gasteiger partial charge in [-0.2, -0.15) is 0 Å². The number of nitrogens with zero attached hydrogens (tertiary/aromatic N) is 6. The Morgan fingerprint density at radius 3 is 2.74 bits per heavy atom. The van der Waals surface area contributed by atoms with Crippen LogP contribution in [0.4, 0.5) is 0 Å². The van der Waals surface area contributed by atoms with Gasteiger partial charge in [-0.1, -0.05) is 23.8 Å². The molecule has 7 heteroatoms. The lowest BCUT2D eigenvalue weighted by atomic mass is 9.96. The van der Waals surface area contributed by atoms with Gasteiger partial charge in [-0.25, -0.2) is 9.67 Å². The van der Waals surface area contributed by atoms with Gasteiger partial charge in [0.15, 0.2) is 5.65 Å². The summed E-state index contributed by atoms with van der Waals surface area (Å²) in [6, 6.07) is 18.4. The summed E-state index contributed by atoms with van der Waals surface area (Å²) in [7, 11) is 0. The van der Waals surface area contributed by atoms with Crippen LogP contribution in [-0.4, -0.2) is 41.2 Å². The highest BCUT2D eigenvalue weighted by Crippen LogP contribution is 2.28. The van der Waals surface area contributed by atoms with Gasteiger partial charge in [0.05, 0.1) is 18.2 Å². The number of pyridine rings is 3. The molecule has 0 aliphatic heterocycles. The number of hydrogen-bond acceptors (Lipinski definition) is 6. The maximum atomic E-state index is 10.2. The second-order valence-corrected chi connectivity index (χ2v) is 9.22. The molecule has 7 nitrogen and oxygen atoms in total. The van der Waals surface area contributed by atoms with E-state index >= 15 is 0 Å². The fraction of sp³-hybridized carbons (Fsp3) is 0.296. The molecular formula is C27H26N6O. The summed E-state index contributed by atoms with van der Waals surface area (Å²) in [4.78, 5) is 13.8. The van der Waals surface area contributed by atoms with Crippen LogP contribution in [0.1, 0.15) is 41.8 Å². The largest absolute Gasteiger partial charge is 0.393 e. The molecule has 1 aromatic carbocycles. The standard InChI is InChI=1S/C27H26N6O/c34-26-5-1-3-21(26)13-18-10-12-28-23(15-18)16-22-7-9-25-27(30-22)33(32-31-25)17-19-6-8-24-20(14-19)4-2-11-29-24/h2,4,6-12,14-15,21,26,34H,1,3,5,13,16-17H2/t21-,26+/m0/s1. The van der Waals surface area contributed by atoms with Gasteiger partial charge in [-0.3, -0.25) is 9.97 Å². The molecule has 5 aromatic rings. The normalized spacial score (nSPS) is 18.1. The summed E-state index contributed by atoms with van der Waals surface area (Å²) < 4.78 is 1.85. The third-order valence-corrected chi connectivity index (χ3v) is 6.78. The van der Waals surface area contributed by atoms with Crippen LogP contribution < -0.4 is 0 Å². The van der Waals surface area contributed by atoms with Gasteiger partial charge in [0.25, 0.3) is 0 Å². The minimum atomic E-state index is -0.174. The molecule has 0 saturated heterocycles. The van der Waals surface area contributed by atoms with Crippen LogP contribution in [0.5, 0.6) is 0 Å². The molecule has 34 heavy (non-hydrogen) atoms. The maximum Gasteiger partial charge on any atom is 0.179 e. The van der Waals surface area contributed by atoms with Crippen molar-refractivity contribution in [1.82, 2.24) is 29.9 Å². The molecule has 1 saturated carbocycles. The molecule has 1 aliphatic rings. The topological polar surface area (TPSA) is 89.6 Å². The molecule has 0 unspecified atom stereocenters. The van der Waals surface area contributed by atoms with Crippen molar-refractivity contribution in [2.45, 2.75) is 44.8 Å². The highest BCUT2D eigenvalue weighted by atomic mass is 16.3. The van der Waals surface area contributed by atoms with E-state index in [1.807, 2.05) is 35.1 Å². The summed E-state index contributed by atoms with van der Waals surface area (Å²) in [6.07, 6.45) is 8.18. The zero-order valence-corrected chi connectivity index (χ0v) is 18.9. The van der Waals surface area contributed by atoms with Crippen LogP contribution >= 0.6 is 0 Å². The van der Waals surface area contributed by atoms with Gasteiger partial charge in [0.2, 0.25) is 0 Å². The molecule has 6 rings (SSSR count). The molecule has 2 atom stereocenters. The predicted octanol–water partition coefficient (Wildman–Crippen LogP) is 4.11. The van der Waals surface area contributed by atoms with Crippen LogP contribution in [0.25, 0.3) is 22.1 Å². The van der Waals surface area contributed by atoms with Crippen molar-refractivity contribution in [3.63, 3.8) is 0 Å². The monoisotopic (exact) mass is 450 g/mol. The molecule has 170 valence electrons. The van der Waals surface area contributed by atoms with E-state index in [0.717, 1.165) is 64.7 Å². The van der Waals surface area contributed by atoms with Crippen molar-refractivity contribution in [3.05, 3.63) is 89.5 Å². The van der Waals surface area contributed by atoms with Gasteiger partial charge in [-0.15, -0.1) is 5.10 Å². The fourth-order valence-electron chi connectivity index (χ4n) is 4.99. The Hall–Kier alpha value is -3.71. The minimum absolute atomic E-state index is 0.174. The molecule has 0 radical (unpaired) electrons. The quantitative estimate of drug-likeness (QED) is 0.419. The number of aromatic nitrogens is 6. The lowest BCUT2D eigenvalue weighted by molar-refractivity contribution is 0.132. The van der Waals surface area contributed by atoms with E-state index in [0.29, 0.717) is 18.9 Å². The van der Waals surface area contributed by atoms with E-state index in [9.17, 15) is 5.11 Å². The Labute approximate surface area is 197 Å². The number of rotatable bonds is 6. The van der Waals surface area contributed by atoms with Crippen LogP contribution in [0.3, 0.4) is 0 Å². The van der Waals surface area contributed by atoms with E-state index in [-0.39, 0.29) is 6.10 Å². The van der Waals surface area contributed by atoms with Crippen molar-refractivity contribution in [3.8, 4) is 0 Å². The summed E-state index contributed by atoms with van der Waals surface area (Å²) >= 11 is 0. The first-order chi connectivity index (χ1) is 16.7. The number of benzene rings is 1. The van der Waals surface area contributed by atoms with Crippen LogP contribution in [0.15, 0.2) is 67.0 Å². The molecule has 1 aliphatic carbocycles. The van der Waals surface area contributed by atoms with E-state index in [2.05, 4.69) is 50.6 Å². The molecule has 4 aromatic heterocycles. The van der Waals surface area contributed by atoms with E-state index in [4.69, 9.17) is 4.98 Å². The Morgan fingerprint density at radius 2 is 1.82 bits per heavy atom. The maximum absolute atomic E-state index is 10.2. The van der Waals surface area contributed by atoms with Crippen LogP contribution in [0.2, 0.25) is 0 Å². The highest BCUT2D eigenvalue weighted by molar-refractivity contribution is 5.79. The van der Waals surface area contributed by atoms with Crippen molar-refractivity contribution in [2.24, 2.45) is 5.92 Å². The molecular weight excluding hydrogens is 424 g/mol. The second-order valence-electron chi connectivity index (χ2n) is 9.22. The van der Waals surface area contributed by atoms with Gasteiger partial charge < -0.3 is 5.11 Å². The molecule has 1 N–H and O–H groups in total. The second kappa shape index (κ2) is 8.91. The van der Waals surface area contributed by atoms with Gasteiger partial charge in [-0.05, 0) is 78.8 Å². The SMILES string of the molecule is O[C@@H]1CCC[C@H]1Cc1ccnc(Cc2ccc3nnn(Cc4ccc5ncccc5c4)c3n2)c1. The van der Waals surface area contributed by atoms with Crippen molar-refractivity contribution >= 4 is 22.1 Å². The fourth-order valence-corrected chi connectivity index (χ4v) is 4.99. The Kier molecular flexibility index (Phi) is 5.47. The average Bonchev–Trinajstić information content (AvgIpc) is 3.45.